The molecule has 0 aliphatic heterocycles. The molecular formula is C14H29NO. The Morgan fingerprint density at radius 2 is 1.75 bits per heavy atom. The summed E-state index contributed by atoms with van der Waals surface area (Å²) in [5, 5.41) is 3.02. The van der Waals surface area contributed by atoms with Crippen LogP contribution in [0.3, 0.4) is 0 Å². The van der Waals surface area contributed by atoms with Crippen LogP contribution in [-0.2, 0) is 4.79 Å². The Hall–Kier alpha value is -0.530. The molecule has 16 heavy (non-hydrogen) atoms. The third kappa shape index (κ3) is 8.75. The van der Waals surface area contributed by atoms with Gasteiger partial charge in [0.1, 0.15) is 0 Å². The molecule has 0 fully saturated rings. The van der Waals surface area contributed by atoms with Gasteiger partial charge in [0, 0.05) is 12.5 Å². The number of amides is 1. The van der Waals surface area contributed by atoms with Crippen LogP contribution in [0.1, 0.15) is 66.2 Å². The molecular weight excluding hydrogens is 198 g/mol. The summed E-state index contributed by atoms with van der Waals surface area (Å²) >= 11 is 0. The smallest absolute Gasteiger partial charge is 0.222 e. The van der Waals surface area contributed by atoms with Gasteiger partial charge in [-0.15, -0.1) is 0 Å². The minimum absolute atomic E-state index is 0.181. The van der Waals surface area contributed by atoms with Crippen LogP contribution in [0.15, 0.2) is 0 Å². The Morgan fingerprint density at radius 1 is 1.06 bits per heavy atom. The number of carbonyl (C=O) groups excluding carboxylic acids is 1. The lowest BCUT2D eigenvalue weighted by Crippen LogP contribution is -2.29. The van der Waals surface area contributed by atoms with Crippen LogP contribution in [0, 0.1) is 11.8 Å². The van der Waals surface area contributed by atoms with E-state index in [9.17, 15) is 4.79 Å². The third-order valence-electron chi connectivity index (χ3n) is 2.93. The number of hydrogen-bond donors (Lipinski definition) is 1. The molecule has 0 saturated carbocycles. The molecule has 0 saturated heterocycles. The van der Waals surface area contributed by atoms with Gasteiger partial charge in [0.2, 0.25) is 5.91 Å². The average molecular weight is 227 g/mol. The van der Waals surface area contributed by atoms with Gasteiger partial charge in [0.05, 0.1) is 0 Å². The molecule has 1 amide bonds. The number of unbranched alkanes of at least 4 members (excludes halogenated alkanes) is 2. The minimum atomic E-state index is 0.181. The standard InChI is InChI=1S/C14H29NO/c1-5-9-13(4)14(16)15-11-8-6-7-10-12(2)3/h12-13H,5-11H2,1-4H3,(H,15,16). The maximum Gasteiger partial charge on any atom is 0.222 e. The van der Waals surface area contributed by atoms with Crippen molar-refractivity contribution in [2.75, 3.05) is 6.54 Å². The highest BCUT2D eigenvalue weighted by molar-refractivity contribution is 5.78. The predicted octanol–water partition coefficient (Wildman–Crippen LogP) is 3.76. The third-order valence-corrected chi connectivity index (χ3v) is 2.93. The van der Waals surface area contributed by atoms with Crippen LogP contribution >= 0.6 is 0 Å². The Morgan fingerprint density at radius 3 is 2.31 bits per heavy atom. The van der Waals surface area contributed by atoms with E-state index in [1.807, 2.05) is 6.92 Å². The fraction of sp³-hybridized carbons (Fsp3) is 0.929. The van der Waals surface area contributed by atoms with Crippen LogP contribution in [0.4, 0.5) is 0 Å². The Kier molecular flexibility index (Phi) is 9.36. The molecule has 0 spiro atoms. The van der Waals surface area contributed by atoms with Gasteiger partial charge in [-0.3, -0.25) is 4.79 Å². The highest BCUT2D eigenvalue weighted by Crippen LogP contribution is 2.08. The highest BCUT2D eigenvalue weighted by Gasteiger charge is 2.10. The second kappa shape index (κ2) is 9.68. The van der Waals surface area contributed by atoms with Crippen molar-refractivity contribution in [2.24, 2.45) is 11.8 Å². The SMILES string of the molecule is CCCC(C)C(=O)NCCCCCC(C)C. The Balaban J connectivity index is 3.34. The molecule has 0 heterocycles. The van der Waals surface area contributed by atoms with Gasteiger partial charge < -0.3 is 5.32 Å². The molecule has 0 aromatic heterocycles. The first-order valence-corrected chi connectivity index (χ1v) is 6.85. The molecule has 96 valence electrons. The highest BCUT2D eigenvalue weighted by atomic mass is 16.1. The maximum atomic E-state index is 11.6. The van der Waals surface area contributed by atoms with E-state index in [-0.39, 0.29) is 11.8 Å². The van der Waals surface area contributed by atoms with Gasteiger partial charge >= 0.3 is 0 Å². The summed E-state index contributed by atoms with van der Waals surface area (Å²) in [7, 11) is 0. The molecule has 0 aromatic carbocycles. The van der Waals surface area contributed by atoms with Crippen molar-refractivity contribution in [2.45, 2.75) is 66.2 Å². The predicted molar refractivity (Wildman–Crippen MR) is 70.4 cm³/mol. The summed E-state index contributed by atoms with van der Waals surface area (Å²) in [5.74, 6) is 1.21. The summed E-state index contributed by atoms with van der Waals surface area (Å²) in [6, 6.07) is 0. The molecule has 0 radical (unpaired) electrons. The molecule has 2 nitrogen and oxygen atoms in total. The summed E-state index contributed by atoms with van der Waals surface area (Å²) < 4.78 is 0. The van der Waals surface area contributed by atoms with E-state index in [0.29, 0.717) is 0 Å². The van der Waals surface area contributed by atoms with Crippen LogP contribution < -0.4 is 5.32 Å². The fourth-order valence-electron chi connectivity index (χ4n) is 1.80. The van der Waals surface area contributed by atoms with Crippen molar-refractivity contribution in [1.29, 1.82) is 0 Å². The van der Waals surface area contributed by atoms with Gasteiger partial charge in [-0.05, 0) is 18.8 Å². The lowest BCUT2D eigenvalue weighted by molar-refractivity contribution is -0.124. The Labute approximate surface area is 101 Å². The first-order chi connectivity index (χ1) is 7.57. The zero-order valence-electron chi connectivity index (χ0n) is 11.5. The molecule has 0 aliphatic carbocycles. The second-order valence-corrected chi connectivity index (χ2v) is 5.22. The van der Waals surface area contributed by atoms with Crippen LogP contribution in [0.25, 0.3) is 0 Å². The fourth-order valence-corrected chi connectivity index (χ4v) is 1.80. The zero-order chi connectivity index (χ0) is 12.4. The average Bonchev–Trinajstić information content (AvgIpc) is 2.22. The van der Waals surface area contributed by atoms with Crippen LogP contribution in [0.2, 0.25) is 0 Å². The summed E-state index contributed by atoms with van der Waals surface area (Å²) in [6.45, 7) is 9.50. The molecule has 0 aliphatic rings. The van der Waals surface area contributed by atoms with E-state index < -0.39 is 0 Å². The van der Waals surface area contributed by atoms with E-state index in [0.717, 1.165) is 31.7 Å². The Bertz CT molecular complexity index is 178. The molecule has 0 bridgehead atoms. The van der Waals surface area contributed by atoms with E-state index in [4.69, 9.17) is 0 Å². The van der Waals surface area contributed by atoms with Crippen molar-refractivity contribution < 1.29 is 4.79 Å². The molecule has 0 rings (SSSR count). The van der Waals surface area contributed by atoms with Crippen molar-refractivity contribution in [1.82, 2.24) is 5.32 Å². The largest absolute Gasteiger partial charge is 0.356 e. The lowest BCUT2D eigenvalue weighted by Gasteiger charge is -2.11. The van der Waals surface area contributed by atoms with Crippen molar-refractivity contribution >= 4 is 5.91 Å². The second-order valence-electron chi connectivity index (χ2n) is 5.22. The first-order valence-electron chi connectivity index (χ1n) is 6.85. The van der Waals surface area contributed by atoms with E-state index in [1.54, 1.807) is 0 Å². The summed E-state index contributed by atoms with van der Waals surface area (Å²) in [6.07, 6.45) is 7.04. The molecule has 2 heteroatoms. The maximum absolute atomic E-state index is 11.6. The summed E-state index contributed by atoms with van der Waals surface area (Å²) in [4.78, 5) is 11.6. The quantitative estimate of drug-likeness (QED) is 0.597. The van der Waals surface area contributed by atoms with Gasteiger partial charge in [0.15, 0.2) is 0 Å². The van der Waals surface area contributed by atoms with Crippen molar-refractivity contribution in [3.63, 3.8) is 0 Å². The topological polar surface area (TPSA) is 29.1 Å². The van der Waals surface area contributed by atoms with Gasteiger partial charge in [-0.25, -0.2) is 0 Å². The number of nitrogens with one attached hydrogen (secondary N) is 1. The van der Waals surface area contributed by atoms with Crippen molar-refractivity contribution in [3.05, 3.63) is 0 Å². The van der Waals surface area contributed by atoms with Gasteiger partial charge in [-0.1, -0.05) is 53.4 Å². The van der Waals surface area contributed by atoms with Crippen LogP contribution in [-0.4, -0.2) is 12.5 Å². The zero-order valence-corrected chi connectivity index (χ0v) is 11.5. The normalized spacial score (nSPS) is 12.8. The van der Waals surface area contributed by atoms with E-state index in [1.165, 1.54) is 19.3 Å². The lowest BCUT2D eigenvalue weighted by atomic mass is 10.0. The van der Waals surface area contributed by atoms with Gasteiger partial charge in [-0.2, -0.15) is 0 Å². The minimum Gasteiger partial charge on any atom is -0.356 e. The van der Waals surface area contributed by atoms with E-state index >= 15 is 0 Å². The van der Waals surface area contributed by atoms with E-state index in [2.05, 4.69) is 26.1 Å². The van der Waals surface area contributed by atoms with Crippen LogP contribution in [0.5, 0.6) is 0 Å². The van der Waals surface area contributed by atoms with Gasteiger partial charge in [0.25, 0.3) is 0 Å². The number of hydrogen-bond acceptors (Lipinski definition) is 1. The molecule has 1 N–H and O–H groups in total. The summed E-state index contributed by atoms with van der Waals surface area (Å²) in [5.41, 5.74) is 0. The monoisotopic (exact) mass is 227 g/mol. The number of rotatable bonds is 9. The number of carbonyl (C=O) groups is 1. The molecule has 1 atom stereocenters. The molecule has 1 unspecified atom stereocenters. The van der Waals surface area contributed by atoms with Crippen molar-refractivity contribution in [3.8, 4) is 0 Å². The first kappa shape index (κ1) is 15.5. The molecule has 0 aromatic rings.